The van der Waals surface area contributed by atoms with Crippen molar-refractivity contribution in [3.05, 3.63) is 40.7 Å². The van der Waals surface area contributed by atoms with Crippen LogP contribution in [0.1, 0.15) is 24.2 Å². The van der Waals surface area contributed by atoms with Gasteiger partial charge in [0.05, 0.1) is 29.1 Å². The van der Waals surface area contributed by atoms with E-state index in [0.29, 0.717) is 11.6 Å². The number of benzene rings is 1. The van der Waals surface area contributed by atoms with E-state index in [-0.39, 0.29) is 6.04 Å². The van der Waals surface area contributed by atoms with Crippen molar-refractivity contribution in [2.75, 3.05) is 19.0 Å². The molecular formula is C15H20ClN3O. The van der Waals surface area contributed by atoms with Crippen molar-refractivity contribution in [1.82, 2.24) is 9.55 Å². The molecule has 108 valence electrons. The normalized spacial score (nSPS) is 12.4. The van der Waals surface area contributed by atoms with Crippen molar-refractivity contribution in [2.45, 2.75) is 26.8 Å². The van der Waals surface area contributed by atoms with E-state index in [0.717, 1.165) is 22.9 Å². The number of aryl methyl sites for hydroxylation is 2. The first-order chi connectivity index (χ1) is 9.52. The van der Waals surface area contributed by atoms with E-state index < -0.39 is 0 Å². The van der Waals surface area contributed by atoms with Crippen LogP contribution in [0.15, 0.2) is 24.4 Å². The number of anilines is 2. The van der Waals surface area contributed by atoms with Gasteiger partial charge in [0, 0.05) is 13.3 Å². The molecule has 0 bridgehead atoms. The fourth-order valence-electron chi connectivity index (χ4n) is 2.17. The summed E-state index contributed by atoms with van der Waals surface area (Å²) in [6, 6.07) is 6.03. The number of nitrogens with zero attached hydrogens (tertiary/aromatic N) is 2. The van der Waals surface area contributed by atoms with Gasteiger partial charge in [-0.05, 0) is 32.4 Å². The molecule has 1 heterocycles. The highest BCUT2D eigenvalue weighted by atomic mass is 35.5. The molecule has 0 aliphatic rings. The van der Waals surface area contributed by atoms with E-state index in [4.69, 9.17) is 16.3 Å². The largest absolute Gasteiger partial charge is 0.383 e. The lowest BCUT2D eigenvalue weighted by atomic mass is 10.2. The molecule has 20 heavy (non-hydrogen) atoms. The standard InChI is InChI=1S/C15H20ClN3O/c1-10-6-5-7-13(16)14(10)18-15-17-11(2)8-19(15)12(3)9-20-4/h5-8,12H,9H2,1-4H3,(H,17,18). The molecule has 1 aromatic carbocycles. The summed E-state index contributed by atoms with van der Waals surface area (Å²) in [6.45, 7) is 6.72. The van der Waals surface area contributed by atoms with Gasteiger partial charge in [-0.15, -0.1) is 0 Å². The Kier molecular flexibility index (Phi) is 4.68. The van der Waals surface area contributed by atoms with Crippen LogP contribution < -0.4 is 5.32 Å². The minimum absolute atomic E-state index is 0.200. The van der Waals surface area contributed by atoms with Crippen LogP contribution in [0.25, 0.3) is 0 Å². The highest BCUT2D eigenvalue weighted by Gasteiger charge is 2.14. The zero-order valence-corrected chi connectivity index (χ0v) is 13.0. The monoisotopic (exact) mass is 293 g/mol. The van der Waals surface area contributed by atoms with Crippen LogP contribution in [0.5, 0.6) is 0 Å². The molecule has 2 aromatic rings. The molecule has 0 aliphatic carbocycles. The molecule has 4 nitrogen and oxygen atoms in total. The summed E-state index contributed by atoms with van der Waals surface area (Å²) in [5.41, 5.74) is 2.94. The Morgan fingerprint density at radius 1 is 1.40 bits per heavy atom. The summed E-state index contributed by atoms with van der Waals surface area (Å²) < 4.78 is 7.29. The Balaban J connectivity index is 2.34. The molecule has 0 radical (unpaired) electrons. The molecule has 1 atom stereocenters. The van der Waals surface area contributed by atoms with Gasteiger partial charge in [-0.1, -0.05) is 23.7 Å². The SMILES string of the molecule is COCC(C)n1cc(C)nc1Nc1c(C)cccc1Cl. The van der Waals surface area contributed by atoms with Crippen LogP contribution >= 0.6 is 11.6 Å². The summed E-state index contributed by atoms with van der Waals surface area (Å²) in [4.78, 5) is 4.53. The molecule has 0 saturated carbocycles. The molecule has 1 N–H and O–H groups in total. The smallest absolute Gasteiger partial charge is 0.207 e. The zero-order chi connectivity index (χ0) is 14.7. The van der Waals surface area contributed by atoms with Gasteiger partial charge in [0.25, 0.3) is 0 Å². The summed E-state index contributed by atoms with van der Waals surface area (Å²) in [7, 11) is 1.70. The Bertz CT molecular complexity index is 575. The van der Waals surface area contributed by atoms with Gasteiger partial charge in [-0.3, -0.25) is 0 Å². The van der Waals surface area contributed by atoms with Crippen molar-refractivity contribution >= 4 is 23.2 Å². The molecule has 1 aromatic heterocycles. The summed E-state index contributed by atoms with van der Waals surface area (Å²) in [5, 5.41) is 4.02. The maximum atomic E-state index is 6.26. The lowest BCUT2D eigenvalue weighted by Crippen LogP contribution is -2.13. The Morgan fingerprint density at radius 2 is 2.15 bits per heavy atom. The first-order valence-corrected chi connectivity index (χ1v) is 6.97. The second-order valence-electron chi connectivity index (χ2n) is 4.97. The molecule has 0 amide bonds. The van der Waals surface area contributed by atoms with Gasteiger partial charge in [0.2, 0.25) is 5.95 Å². The van der Waals surface area contributed by atoms with Crippen molar-refractivity contribution in [1.29, 1.82) is 0 Å². The van der Waals surface area contributed by atoms with Gasteiger partial charge in [-0.25, -0.2) is 4.98 Å². The van der Waals surface area contributed by atoms with E-state index in [1.165, 1.54) is 0 Å². The maximum absolute atomic E-state index is 6.26. The van der Waals surface area contributed by atoms with Crippen LogP contribution in [0, 0.1) is 13.8 Å². The maximum Gasteiger partial charge on any atom is 0.207 e. The average Bonchev–Trinajstić information content (AvgIpc) is 2.75. The second kappa shape index (κ2) is 6.29. The predicted molar refractivity (Wildman–Crippen MR) is 83.0 cm³/mol. The van der Waals surface area contributed by atoms with Crippen molar-refractivity contribution in [3.63, 3.8) is 0 Å². The van der Waals surface area contributed by atoms with Crippen molar-refractivity contribution < 1.29 is 4.74 Å². The third-order valence-corrected chi connectivity index (χ3v) is 3.51. The molecule has 2 rings (SSSR count). The number of hydrogen-bond donors (Lipinski definition) is 1. The van der Waals surface area contributed by atoms with E-state index in [1.54, 1.807) is 7.11 Å². The van der Waals surface area contributed by atoms with E-state index in [9.17, 15) is 0 Å². The number of imidazole rings is 1. The Labute approximate surface area is 124 Å². The van der Waals surface area contributed by atoms with Gasteiger partial charge in [0.15, 0.2) is 0 Å². The summed E-state index contributed by atoms with van der Waals surface area (Å²) in [6.07, 6.45) is 2.01. The Hall–Kier alpha value is -1.52. The number of rotatable bonds is 5. The molecule has 0 fully saturated rings. The van der Waals surface area contributed by atoms with Crippen LogP contribution in [-0.2, 0) is 4.74 Å². The first kappa shape index (κ1) is 14.9. The lowest BCUT2D eigenvalue weighted by Gasteiger charge is -2.17. The molecule has 0 aliphatic heterocycles. The minimum Gasteiger partial charge on any atom is -0.383 e. The topological polar surface area (TPSA) is 39.1 Å². The first-order valence-electron chi connectivity index (χ1n) is 6.59. The lowest BCUT2D eigenvalue weighted by molar-refractivity contribution is 0.163. The zero-order valence-electron chi connectivity index (χ0n) is 12.3. The van der Waals surface area contributed by atoms with Crippen LogP contribution in [0.2, 0.25) is 5.02 Å². The summed E-state index contributed by atoms with van der Waals surface area (Å²) in [5.74, 6) is 0.781. The number of halogens is 1. The average molecular weight is 294 g/mol. The molecule has 0 saturated heterocycles. The number of nitrogens with one attached hydrogen (secondary N) is 1. The number of para-hydroxylation sites is 1. The van der Waals surface area contributed by atoms with Gasteiger partial charge < -0.3 is 14.6 Å². The molecule has 0 spiro atoms. The fourth-order valence-corrected chi connectivity index (χ4v) is 2.44. The van der Waals surface area contributed by atoms with E-state index in [1.807, 2.05) is 38.2 Å². The number of hydrogen-bond acceptors (Lipinski definition) is 3. The minimum atomic E-state index is 0.200. The van der Waals surface area contributed by atoms with E-state index >= 15 is 0 Å². The van der Waals surface area contributed by atoms with Crippen LogP contribution in [0.4, 0.5) is 11.6 Å². The molecule has 5 heteroatoms. The van der Waals surface area contributed by atoms with Gasteiger partial charge >= 0.3 is 0 Å². The van der Waals surface area contributed by atoms with Crippen LogP contribution in [0.3, 0.4) is 0 Å². The third kappa shape index (κ3) is 3.14. The van der Waals surface area contributed by atoms with Crippen molar-refractivity contribution in [3.8, 4) is 0 Å². The highest BCUT2D eigenvalue weighted by Crippen LogP contribution is 2.29. The van der Waals surface area contributed by atoms with Gasteiger partial charge in [-0.2, -0.15) is 0 Å². The predicted octanol–water partition coefficient (Wildman–Crippen LogP) is 4.10. The molecule has 1 unspecified atom stereocenters. The van der Waals surface area contributed by atoms with E-state index in [2.05, 4.69) is 21.8 Å². The van der Waals surface area contributed by atoms with Gasteiger partial charge in [0.1, 0.15) is 0 Å². The fraction of sp³-hybridized carbons (Fsp3) is 0.400. The number of ether oxygens (including phenoxy) is 1. The van der Waals surface area contributed by atoms with Crippen LogP contribution in [-0.4, -0.2) is 23.3 Å². The Morgan fingerprint density at radius 3 is 2.80 bits per heavy atom. The summed E-state index contributed by atoms with van der Waals surface area (Å²) >= 11 is 6.26. The molecular weight excluding hydrogens is 274 g/mol. The number of aromatic nitrogens is 2. The number of methoxy groups -OCH3 is 1. The second-order valence-corrected chi connectivity index (χ2v) is 5.38. The quantitative estimate of drug-likeness (QED) is 0.902. The highest BCUT2D eigenvalue weighted by molar-refractivity contribution is 6.33. The van der Waals surface area contributed by atoms with Crippen molar-refractivity contribution in [2.24, 2.45) is 0 Å². The third-order valence-electron chi connectivity index (χ3n) is 3.19.